The molecule has 0 saturated carbocycles. The SMILES string of the molecule is c1cc(-c2cnc(C3CNCCS3)c(C3CNCCO3)c2N2CCNCC2)no1.c1ccc2c(c1)ccc1c3c(ccc12)C(c1ccsn1)CCC3.c1ccc2c(c1)ccc1c3c(ccc12)C(c1ncco1)CCC3.c1ccc2c(c1)ccc1c3c(ccc12)CCCC3. The fraction of sp³-hybridized carbons (Fsp3) is 0.300. The van der Waals surface area contributed by atoms with Crippen molar-refractivity contribution in [3.05, 3.63) is 244 Å². The summed E-state index contributed by atoms with van der Waals surface area (Å²) in [6.45, 7) is 8.27. The summed E-state index contributed by atoms with van der Waals surface area (Å²) in [6, 6.07) is 57.8. The van der Waals surface area contributed by atoms with Crippen molar-refractivity contribution in [2.75, 3.05) is 69.6 Å². The second kappa shape index (κ2) is 27.4. The van der Waals surface area contributed by atoms with E-state index in [4.69, 9.17) is 18.7 Å². The standard InChI is InChI=1S/C21H17NO.C21H17NS.C20H28N6O2S.C18H16/c1-2-5-15-14(4-1)8-9-18-16-6-3-7-20(21-22-12-13-23-21)19(16)11-10-17(15)18;1-2-5-15-14(4-1)8-9-18-16-6-3-7-20(21-12-13-23-22-21)19(16)11-10-17(15)18;1-8-28-25-15(1)14-11-24-19(17-13-23-5-10-29-17)18(16-12-22-4-9-27-16)20(14)26-6-2-21-3-7-26;1-3-7-15-13(5-1)9-11-18-16-8-4-2-6-14(16)10-12-17(15)18/h2*1-2,4-5,8-13,20H,3,6-7H2;1,8,11,16-17,21-23H,2-7,9-10,12-13H2;1,3,5,7,9-12H,2,4,6,8H2. The molecule has 0 radical (unpaired) electrons. The Morgan fingerprint density at radius 3 is 1.75 bits per heavy atom. The van der Waals surface area contributed by atoms with Crippen LogP contribution in [0.25, 0.3) is 75.9 Å². The quantitative estimate of drug-likeness (QED) is 0.137. The number of ether oxygens (including phenoxy) is 1. The number of hydrogen-bond acceptors (Lipinski definition) is 13. The van der Waals surface area contributed by atoms with E-state index in [1.54, 1.807) is 41.4 Å². The van der Waals surface area contributed by atoms with Crippen molar-refractivity contribution >= 4 is 93.6 Å². The van der Waals surface area contributed by atoms with Crippen LogP contribution in [-0.4, -0.2) is 84.2 Å². The van der Waals surface area contributed by atoms with Crippen LogP contribution in [0.15, 0.2) is 197 Å². The highest BCUT2D eigenvalue weighted by molar-refractivity contribution is 7.99. The van der Waals surface area contributed by atoms with Crippen LogP contribution in [0, 0.1) is 0 Å². The van der Waals surface area contributed by atoms with Crippen LogP contribution >= 0.6 is 23.3 Å². The summed E-state index contributed by atoms with van der Waals surface area (Å²) < 4.78 is 21.7. The van der Waals surface area contributed by atoms with Gasteiger partial charge in [0.25, 0.3) is 0 Å². The highest BCUT2D eigenvalue weighted by atomic mass is 32.2. The number of anilines is 1. The topological polar surface area (TPSA) is 126 Å². The molecule has 7 heterocycles. The Bertz CT molecular complexity index is 4580. The Balaban J connectivity index is 0.0000000996. The molecule has 9 aromatic carbocycles. The van der Waals surface area contributed by atoms with E-state index in [1.807, 2.05) is 24.0 Å². The smallest absolute Gasteiger partial charge is 0.201 e. The third-order valence-corrected chi connectivity index (χ3v) is 22.1. The van der Waals surface area contributed by atoms with Crippen molar-refractivity contribution in [1.29, 1.82) is 0 Å². The molecule has 0 spiro atoms. The van der Waals surface area contributed by atoms with Gasteiger partial charge < -0.3 is 34.5 Å². The van der Waals surface area contributed by atoms with E-state index in [-0.39, 0.29) is 6.10 Å². The molecule has 3 aliphatic carbocycles. The lowest BCUT2D eigenvalue weighted by Crippen LogP contribution is -2.45. The molecule has 93 heavy (non-hydrogen) atoms. The molecule has 3 saturated heterocycles. The van der Waals surface area contributed by atoms with Gasteiger partial charge in [-0.2, -0.15) is 4.37 Å². The minimum absolute atomic E-state index is 0.00878. The lowest BCUT2D eigenvalue weighted by Gasteiger charge is -2.37. The van der Waals surface area contributed by atoms with E-state index < -0.39 is 0 Å². The number of thioether (sulfide) groups is 1. The van der Waals surface area contributed by atoms with E-state index >= 15 is 0 Å². The van der Waals surface area contributed by atoms with Gasteiger partial charge in [-0.05, 0) is 180 Å². The van der Waals surface area contributed by atoms with Crippen LogP contribution in [-0.2, 0) is 30.4 Å². The summed E-state index contributed by atoms with van der Waals surface area (Å²) in [5.74, 6) is 2.72. The van der Waals surface area contributed by atoms with Crippen LogP contribution in [0.2, 0.25) is 0 Å². The Kier molecular flexibility index (Phi) is 17.6. The number of benzene rings is 9. The zero-order valence-electron chi connectivity index (χ0n) is 52.6. The molecule has 11 nitrogen and oxygen atoms in total. The van der Waals surface area contributed by atoms with Gasteiger partial charge in [0, 0.05) is 92.8 Å². The summed E-state index contributed by atoms with van der Waals surface area (Å²) in [4.78, 5) is 11.9. The Labute approximate surface area is 551 Å². The average molecular weight is 1260 g/mol. The number of aryl methyl sites for hydroxylation is 4. The van der Waals surface area contributed by atoms with Gasteiger partial charge in [0.2, 0.25) is 5.89 Å². The average Bonchev–Trinajstić information content (AvgIpc) is 1.47. The second-order valence-electron chi connectivity index (χ2n) is 25.6. The van der Waals surface area contributed by atoms with Crippen molar-refractivity contribution in [3.8, 4) is 11.3 Å². The first kappa shape index (κ1) is 59.7. The molecule has 4 unspecified atom stereocenters. The monoisotopic (exact) mass is 1260 g/mol. The molecule has 0 amide bonds. The first-order valence-corrected chi connectivity index (χ1v) is 35.7. The summed E-state index contributed by atoms with van der Waals surface area (Å²) >= 11 is 3.55. The van der Waals surface area contributed by atoms with Crippen molar-refractivity contribution < 1.29 is 13.7 Å². The molecule has 3 aliphatic heterocycles. The maximum atomic E-state index is 6.28. The predicted octanol–water partition coefficient (Wildman–Crippen LogP) is 17.4. The molecular formula is C80H78N8O3S2. The number of piperazine rings is 1. The van der Waals surface area contributed by atoms with Gasteiger partial charge in [0.15, 0.2) is 0 Å². The Morgan fingerprint density at radius 1 is 0.516 bits per heavy atom. The third-order valence-electron chi connectivity index (χ3n) is 20.3. The second-order valence-corrected chi connectivity index (χ2v) is 27.6. The number of morpholine rings is 1. The molecule has 3 fully saturated rings. The third kappa shape index (κ3) is 12.0. The van der Waals surface area contributed by atoms with Gasteiger partial charge in [-0.3, -0.25) is 4.98 Å². The Morgan fingerprint density at radius 2 is 1.14 bits per heavy atom. The summed E-state index contributed by atoms with van der Waals surface area (Å²) in [6.07, 6.45) is 19.3. The maximum Gasteiger partial charge on any atom is 0.201 e. The highest BCUT2D eigenvalue weighted by Gasteiger charge is 2.34. The first-order chi connectivity index (χ1) is 46.2. The molecule has 19 rings (SSSR count). The van der Waals surface area contributed by atoms with E-state index in [9.17, 15) is 0 Å². The van der Waals surface area contributed by atoms with Crippen molar-refractivity contribution in [2.45, 2.75) is 87.4 Å². The molecule has 13 aromatic rings. The maximum absolute atomic E-state index is 6.28. The number of nitrogens with one attached hydrogen (secondary N) is 3. The summed E-state index contributed by atoms with van der Waals surface area (Å²) in [5.41, 5.74) is 15.8. The minimum atomic E-state index is -0.00878. The molecule has 0 bridgehead atoms. The zero-order valence-corrected chi connectivity index (χ0v) is 54.3. The largest absolute Gasteiger partial charge is 0.448 e. The molecule has 468 valence electrons. The molecule has 6 aliphatic rings. The molecule has 4 atom stereocenters. The van der Waals surface area contributed by atoms with Crippen molar-refractivity contribution in [3.63, 3.8) is 0 Å². The lowest BCUT2D eigenvalue weighted by molar-refractivity contribution is 0.0271. The summed E-state index contributed by atoms with van der Waals surface area (Å²) in [5, 5.41) is 33.7. The number of aromatic nitrogens is 4. The van der Waals surface area contributed by atoms with Crippen LogP contribution in [0.3, 0.4) is 0 Å². The number of oxazole rings is 1. The number of pyridine rings is 1. The molecular weight excluding hydrogens is 1190 g/mol. The highest BCUT2D eigenvalue weighted by Crippen LogP contribution is 2.46. The number of hydrogen-bond donors (Lipinski definition) is 3. The number of rotatable bonds is 6. The van der Waals surface area contributed by atoms with E-state index in [2.05, 4.69) is 192 Å². The van der Waals surface area contributed by atoms with Crippen LogP contribution in [0.1, 0.15) is 118 Å². The van der Waals surface area contributed by atoms with Gasteiger partial charge in [-0.15, -0.1) is 11.8 Å². The Hall–Kier alpha value is -8.27. The van der Waals surface area contributed by atoms with Crippen molar-refractivity contribution in [1.82, 2.24) is 35.4 Å². The lowest BCUT2D eigenvalue weighted by atomic mass is 9.78. The summed E-state index contributed by atoms with van der Waals surface area (Å²) in [7, 11) is 0. The number of nitrogens with zero attached hydrogens (tertiary/aromatic N) is 5. The van der Waals surface area contributed by atoms with Crippen LogP contribution in [0.4, 0.5) is 5.69 Å². The van der Waals surface area contributed by atoms with Crippen LogP contribution < -0.4 is 20.9 Å². The normalized spacial score (nSPS) is 19.6. The van der Waals surface area contributed by atoms with Gasteiger partial charge in [0.05, 0.1) is 47.2 Å². The molecule has 3 N–H and O–H groups in total. The van der Waals surface area contributed by atoms with Crippen LogP contribution in [0.5, 0.6) is 0 Å². The fourth-order valence-electron chi connectivity index (χ4n) is 15.9. The van der Waals surface area contributed by atoms with Crippen molar-refractivity contribution in [2.24, 2.45) is 0 Å². The minimum Gasteiger partial charge on any atom is -0.448 e. The van der Waals surface area contributed by atoms with Gasteiger partial charge >= 0.3 is 0 Å². The van der Waals surface area contributed by atoms with E-state index in [0.717, 1.165) is 100 Å². The first-order valence-electron chi connectivity index (χ1n) is 33.8. The number of fused-ring (bicyclic) bond motifs is 15. The van der Waals surface area contributed by atoms with Gasteiger partial charge in [-0.25, -0.2) is 4.98 Å². The molecule has 13 heteroatoms. The van der Waals surface area contributed by atoms with E-state index in [1.165, 1.54) is 155 Å². The fourth-order valence-corrected chi connectivity index (χ4v) is 17.6. The van der Waals surface area contributed by atoms with Gasteiger partial charge in [-0.1, -0.05) is 151 Å². The van der Waals surface area contributed by atoms with Gasteiger partial charge in [0.1, 0.15) is 18.2 Å². The zero-order chi connectivity index (χ0) is 61.9. The predicted molar refractivity (Wildman–Crippen MR) is 384 cm³/mol. The van der Waals surface area contributed by atoms with E-state index in [0.29, 0.717) is 17.1 Å². The molecule has 4 aromatic heterocycles.